The average molecular weight is 277 g/mol. The number of nitrogens with two attached hydrogens (primary N) is 1. The Kier molecular flexibility index (Phi) is 3.69. The molecule has 0 aliphatic heterocycles. The Morgan fingerprint density at radius 1 is 1.10 bits per heavy atom. The van der Waals surface area contributed by atoms with E-state index >= 15 is 0 Å². The van der Waals surface area contributed by atoms with Crippen LogP contribution < -0.4 is 11.1 Å². The van der Waals surface area contributed by atoms with Crippen LogP contribution in [0, 0.1) is 11.8 Å². The number of halogens is 2. The number of amides is 2. The van der Waals surface area contributed by atoms with Crippen molar-refractivity contribution in [3.63, 3.8) is 0 Å². The highest BCUT2D eigenvalue weighted by Gasteiger charge is 2.17. The quantitative estimate of drug-likeness (QED) is 0.837. The minimum absolute atomic E-state index is 0.0655. The van der Waals surface area contributed by atoms with E-state index in [2.05, 4.69) is 10.3 Å². The molecule has 2 rings (SSSR count). The summed E-state index contributed by atoms with van der Waals surface area (Å²) >= 11 is 0. The van der Waals surface area contributed by atoms with Crippen LogP contribution in [0.4, 0.5) is 14.5 Å². The summed E-state index contributed by atoms with van der Waals surface area (Å²) in [7, 11) is 0. The van der Waals surface area contributed by atoms with Crippen LogP contribution >= 0.6 is 0 Å². The summed E-state index contributed by atoms with van der Waals surface area (Å²) in [6, 6.07) is 6.98. The zero-order chi connectivity index (χ0) is 14.7. The molecule has 20 heavy (non-hydrogen) atoms. The molecule has 0 saturated heterocycles. The van der Waals surface area contributed by atoms with Gasteiger partial charge in [-0.1, -0.05) is 12.1 Å². The fourth-order valence-electron chi connectivity index (χ4n) is 1.59. The number of pyridine rings is 1. The molecule has 0 atom stereocenters. The van der Waals surface area contributed by atoms with E-state index in [0.29, 0.717) is 0 Å². The maximum absolute atomic E-state index is 13.4. The van der Waals surface area contributed by atoms with Gasteiger partial charge in [0.25, 0.3) is 11.8 Å². The van der Waals surface area contributed by atoms with Gasteiger partial charge in [-0.2, -0.15) is 4.39 Å². The number of primary amides is 1. The van der Waals surface area contributed by atoms with Crippen molar-refractivity contribution in [2.75, 3.05) is 5.32 Å². The maximum Gasteiger partial charge on any atom is 0.258 e. The molecule has 1 aromatic heterocycles. The van der Waals surface area contributed by atoms with Gasteiger partial charge in [0, 0.05) is 6.20 Å². The minimum atomic E-state index is -1.37. The lowest BCUT2D eigenvalue weighted by Crippen LogP contribution is -2.19. The number of rotatable bonds is 3. The normalized spacial score (nSPS) is 10.1. The van der Waals surface area contributed by atoms with Gasteiger partial charge in [-0.25, -0.2) is 9.37 Å². The summed E-state index contributed by atoms with van der Waals surface area (Å²) in [6.07, 6.45) is 0.966. The van der Waals surface area contributed by atoms with Crippen LogP contribution in [0.5, 0.6) is 0 Å². The topological polar surface area (TPSA) is 85.1 Å². The SMILES string of the molecule is NC(=O)c1ccccc1NC(=O)c1ccnc(F)c1F. The molecule has 7 heteroatoms. The fourth-order valence-corrected chi connectivity index (χ4v) is 1.59. The zero-order valence-corrected chi connectivity index (χ0v) is 10.1. The number of carbonyl (C=O) groups excluding carboxylic acids is 2. The Bertz CT molecular complexity index is 689. The molecule has 0 spiro atoms. The molecule has 2 amide bonds. The first kappa shape index (κ1) is 13.6. The lowest BCUT2D eigenvalue weighted by atomic mass is 10.1. The Morgan fingerprint density at radius 3 is 2.50 bits per heavy atom. The molecule has 0 saturated carbocycles. The largest absolute Gasteiger partial charge is 0.366 e. The highest BCUT2D eigenvalue weighted by molar-refractivity contribution is 6.08. The first-order valence-corrected chi connectivity index (χ1v) is 5.51. The molecular formula is C13H9F2N3O2. The predicted molar refractivity (Wildman–Crippen MR) is 67.1 cm³/mol. The number of aromatic nitrogens is 1. The van der Waals surface area contributed by atoms with Crippen LogP contribution in [-0.2, 0) is 0 Å². The summed E-state index contributed by atoms with van der Waals surface area (Å²) < 4.78 is 26.4. The second-order valence-electron chi connectivity index (χ2n) is 3.83. The van der Waals surface area contributed by atoms with Crippen molar-refractivity contribution in [3.8, 4) is 0 Å². The molecule has 5 nitrogen and oxygen atoms in total. The molecule has 2 aromatic rings. The molecule has 0 aliphatic carbocycles. The number of nitrogens with zero attached hydrogens (tertiary/aromatic N) is 1. The second-order valence-corrected chi connectivity index (χ2v) is 3.83. The summed E-state index contributed by atoms with van der Waals surface area (Å²) in [5.41, 5.74) is 4.81. The van der Waals surface area contributed by atoms with Crippen LogP contribution in [0.3, 0.4) is 0 Å². The van der Waals surface area contributed by atoms with Gasteiger partial charge in [0.2, 0.25) is 5.95 Å². The summed E-state index contributed by atoms with van der Waals surface area (Å²) in [5, 5.41) is 2.30. The van der Waals surface area contributed by atoms with Crippen molar-refractivity contribution in [3.05, 3.63) is 59.4 Å². The Morgan fingerprint density at radius 2 is 1.80 bits per heavy atom. The molecular weight excluding hydrogens is 268 g/mol. The number of hydrogen-bond donors (Lipinski definition) is 2. The smallest absolute Gasteiger partial charge is 0.258 e. The molecule has 102 valence electrons. The van der Waals surface area contributed by atoms with Crippen molar-refractivity contribution in [2.45, 2.75) is 0 Å². The highest BCUT2D eigenvalue weighted by Crippen LogP contribution is 2.17. The second kappa shape index (κ2) is 5.43. The van der Waals surface area contributed by atoms with Gasteiger partial charge in [0.15, 0.2) is 5.82 Å². The molecule has 0 radical (unpaired) electrons. The molecule has 0 unspecified atom stereocenters. The standard InChI is InChI=1S/C13H9F2N3O2/c14-10-8(5-6-17-11(10)15)13(20)18-9-4-2-1-3-7(9)12(16)19/h1-6H,(H2,16,19)(H,18,20). The van der Waals surface area contributed by atoms with Crippen molar-refractivity contribution < 1.29 is 18.4 Å². The number of anilines is 1. The van der Waals surface area contributed by atoms with Crippen LogP contribution in [0.1, 0.15) is 20.7 Å². The van der Waals surface area contributed by atoms with E-state index in [1.54, 1.807) is 12.1 Å². The van der Waals surface area contributed by atoms with Crippen LogP contribution in [0.25, 0.3) is 0 Å². The highest BCUT2D eigenvalue weighted by atomic mass is 19.2. The third-order valence-corrected chi connectivity index (χ3v) is 2.53. The van der Waals surface area contributed by atoms with E-state index in [0.717, 1.165) is 12.3 Å². The Labute approximate surface area is 112 Å². The molecule has 0 bridgehead atoms. The first-order valence-electron chi connectivity index (χ1n) is 5.51. The van der Waals surface area contributed by atoms with Gasteiger partial charge >= 0.3 is 0 Å². The van der Waals surface area contributed by atoms with Crippen molar-refractivity contribution >= 4 is 17.5 Å². The van der Waals surface area contributed by atoms with Gasteiger partial charge in [-0.05, 0) is 18.2 Å². The minimum Gasteiger partial charge on any atom is -0.366 e. The lowest BCUT2D eigenvalue weighted by Gasteiger charge is -2.09. The molecule has 0 aliphatic rings. The van der Waals surface area contributed by atoms with Gasteiger partial charge in [-0.3, -0.25) is 9.59 Å². The van der Waals surface area contributed by atoms with E-state index in [1.807, 2.05) is 0 Å². The Balaban J connectivity index is 2.33. The maximum atomic E-state index is 13.4. The first-order chi connectivity index (χ1) is 9.50. The van der Waals surface area contributed by atoms with Gasteiger partial charge in [0.1, 0.15) is 0 Å². The summed E-state index contributed by atoms with van der Waals surface area (Å²) in [6.45, 7) is 0. The monoisotopic (exact) mass is 277 g/mol. The zero-order valence-electron chi connectivity index (χ0n) is 10.1. The lowest BCUT2D eigenvalue weighted by molar-refractivity contribution is 0.100. The van der Waals surface area contributed by atoms with Crippen LogP contribution in [0.15, 0.2) is 36.5 Å². The molecule has 0 fully saturated rings. The van der Waals surface area contributed by atoms with Gasteiger partial charge in [-0.15, -0.1) is 0 Å². The Hall–Kier alpha value is -2.83. The van der Waals surface area contributed by atoms with E-state index in [4.69, 9.17) is 5.73 Å². The average Bonchev–Trinajstić information content (AvgIpc) is 2.42. The van der Waals surface area contributed by atoms with Gasteiger partial charge < -0.3 is 11.1 Å². The van der Waals surface area contributed by atoms with Crippen molar-refractivity contribution in [1.82, 2.24) is 4.98 Å². The van der Waals surface area contributed by atoms with E-state index < -0.39 is 29.1 Å². The third kappa shape index (κ3) is 2.61. The number of benzene rings is 1. The van der Waals surface area contributed by atoms with E-state index in [-0.39, 0.29) is 11.3 Å². The fraction of sp³-hybridized carbons (Fsp3) is 0. The molecule has 1 heterocycles. The van der Waals surface area contributed by atoms with Crippen molar-refractivity contribution in [1.29, 1.82) is 0 Å². The van der Waals surface area contributed by atoms with Crippen molar-refractivity contribution in [2.24, 2.45) is 5.73 Å². The van der Waals surface area contributed by atoms with Gasteiger partial charge in [0.05, 0.1) is 16.8 Å². The van der Waals surface area contributed by atoms with Crippen LogP contribution in [-0.4, -0.2) is 16.8 Å². The number of carbonyl (C=O) groups is 2. The number of para-hydroxylation sites is 1. The number of hydrogen-bond acceptors (Lipinski definition) is 3. The molecule has 1 aromatic carbocycles. The molecule has 3 N–H and O–H groups in total. The number of nitrogens with one attached hydrogen (secondary N) is 1. The predicted octanol–water partition coefficient (Wildman–Crippen LogP) is 1.71. The summed E-state index contributed by atoms with van der Waals surface area (Å²) in [4.78, 5) is 26.1. The van der Waals surface area contributed by atoms with E-state index in [1.165, 1.54) is 12.1 Å². The third-order valence-electron chi connectivity index (χ3n) is 2.53. The summed E-state index contributed by atoms with van der Waals surface area (Å²) in [5.74, 6) is -4.39. The van der Waals surface area contributed by atoms with E-state index in [9.17, 15) is 18.4 Å². The van der Waals surface area contributed by atoms with Crippen LogP contribution in [0.2, 0.25) is 0 Å².